The monoisotopic (exact) mass is 210 g/mol. The number of hydrogen-bond acceptors (Lipinski definition) is 3. The van der Waals surface area contributed by atoms with Gasteiger partial charge in [-0.2, -0.15) is 0 Å². The van der Waals surface area contributed by atoms with Crippen LogP contribution < -0.4 is 0 Å². The Morgan fingerprint density at radius 3 is 2.81 bits per heavy atom. The van der Waals surface area contributed by atoms with E-state index >= 15 is 0 Å². The minimum absolute atomic E-state index is 0.848. The first-order chi connectivity index (χ1) is 7.84. The summed E-state index contributed by atoms with van der Waals surface area (Å²) in [6.45, 7) is 1.95. The fraction of sp³-hybridized carbons (Fsp3) is 0.0833. The van der Waals surface area contributed by atoms with Crippen molar-refractivity contribution in [1.29, 1.82) is 0 Å². The van der Waals surface area contributed by atoms with E-state index in [2.05, 4.69) is 15.0 Å². The van der Waals surface area contributed by atoms with Crippen molar-refractivity contribution >= 4 is 11.0 Å². The fourth-order valence-electron chi connectivity index (χ4n) is 1.71. The minimum atomic E-state index is 0.848. The third-order valence-electron chi connectivity index (χ3n) is 2.49. The highest BCUT2D eigenvalue weighted by molar-refractivity contribution is 5.76. The fourth-order valence-corrected chi connectivity index (χ4v) is 1.71. The highest BCUT2D eigenvalue weighted by Crippen LogP contribution is 2.15. The minimum Gasteiger partial charge on any atom is -0.283 e. The van der Waals surface area contributed by atoms with E-state index in [0.717, 1.165) is 22.5 Å². The molecule has 0 atom stereocenters. The van der Waals surface area contributed by atoms with Crippen molar-refractivity contribution < 1.29 is 0 Å². The van der Waals surface area contributed by atoms with Crippen LogP contribution in [0.4, 0.5) is 0 Å². The molecule has 0 fully saturated rings. The number of para-hydroxylation sites is 2. The lowest BCUT2D eigenvalue weighted by atomic mass is 10.3. The summed E-state index contributed by atoms with van der Waals surface area (Å²) in [5.41, 5.74) is 2.97. The summed E-state index contributed by atoms with van der Waals surface area (Å²) in [5.74, 6) is 0.848. The predicted molar refractivity (Wildman–Crippen MR) is 61.4 cm³/mol. The largest absolute Gasteiger partial charge is 0.283 e. The molecule has 78 valence electrons. The Kier molecular flexibility index (Phi) is 1.93. The van der Waals surface area contributed by atoms with E-state index in [9.17, 15) is 0 Å². The van der Waals surface area contributed by atoms with Crippen LogP contribution in [0.3, 0.4) is 0 Å². The Morgan fingerprint density at radius 1 is 1.06 bits per heavy atom. The Balaban J connectivity index is 2.26. The van der Waals surface area contributed by atoms with Crippen LogP contribution in [0.2, 0.25) is 0 Å². The summed E-state index contributed by atoms with van der Waals surface area (Å²) in [4.78, 5) is 12.7. The maximum absolute atomic E-state index is 4.33. The van der Waals surface area contributed by atoms with Crippen molar-refractivity contribution in [2.75, 3.05) is 0 Å². The van der Waals surface area contributed by atoms with Crippen LogP contribution in [0.15, 0.2) is 43.0 Å². The molecule has 3 aromatic rings. The van der Waals surface area contributed by atoms with Crippen molar-refractivity contribution in [2.45, 2.75) is 6.92 Å². The average molecular weight is 210 g/mol. The molecule has 4 nitrogen and oxygen atoms in total. The van der Waals surface area contributed by atoms with Gasteiger partial charge in [0.05, 0.1) is 11.0 Å². The quantitative estimate of drug-likeness (QED) is 0.618. The second-order valence-corrected chi connectivity index (χ2v) is 3.62. The summed E-state index contributed by atoms with van der Waals surface area (Å²) >= 11 is 0. The van der Waals surface area contributed by atoms with Crippen molar-refractivity contribution in [3.8, 4) is 5.82 Å². The van der Waals surface area contributed by atoms with Crippen LogP contribution in [-0.2, 0) is 0 Å². The smallest absolute Gasteiger partial charge is 0.141 e. The van der Waals surface area contributed by atoms with E-state index in [1.54, 1.807) is 12.7 Å². The van der Waals surface area contributed by atoms with Crippen molar-refractivity contribution in [1.82, 2.24) is 19.5 Å². The molecule has 0 bridgehead atoms. The van der Waals surface area contributed by atoms with Crippen LogP contribution in [0.25, 0.3) is 16.9 Å². The lowest BCUT2D eigenvalue weighted by Crippen LogP contribution is -1.97. The molecule has 1 aromatic carbocycles. The molecular formula is C12H10N4. The molecule has 3 rings (SSSR count). The molecular weight excluding hydrogens is 200 g/mol. The van der Waals surface area contributed by atoms with Gasteiger partial charge in [0.1, 0.15) is 18.5 Å². The van der Waals surface area contributed by atoms with E-state index in [-0.39, 0.29) is 0 Å². The standard InChI is InChI=1S/C12H10N4/c1-9-6-12(14-7-13-9)16-8-15-10-4-2-3-5-11(10)16/h2-8H,1H3. The summed E-state index contributed by atoms with van der Waals surface area (Å²) in [7, 11) is 0. The molecule has 0 saturated carbocycles. The Morgan fingerprint density at radius 2 is 1.94 bits per heavy atom. The van der Waals surface area contributed by atoms with Crippen LogP contribution in [0.1, 0.15) is 5.69 Å². The first kappa shape index (κ1) is 9.03. The Bertz CT molecular complexity index is 642. The van der Waals surface area contributed by atoms with E-state index in [0.29, 0.717) is 0 Å². The average Bonchev–Trinajstić information content (AvgIpc) is 2.72. The van der Waals surface area contributed by atoms with Gasteiger partial charge in [-0.3, -0.25) is 4.57 Å². The SMILES string of the molecule is Cc1cc(-n2cnc3ccccc32)ncn1. The van der Waals surface area contributed by atoms with Gasteiger partial charge < -0.3 is 0 Å². The van der Waals surface area contributed by atoms with Gasteiger partial charge in [0, 0.05) is 11.8 Å². The molecule has 0 aliphatic rings. The highest BCUT2D eigenvalue weighted by Gasteiger charge is 2.04. The molecule has 0 unspecified atom stereocenters. The van der Waals surface area contributed by atoms with Gasteiger partial charge >= 0.3 is 0 Å². The van der Waals surface area contributed by atoms with Gasteiger partial charge in [-0.15, -0.1) is 0 Å². The molecule has 4 heteroatoms. The lowest BCUT2D eigenvalue weighted by Gasteiger charge is -2.02. The summed E-state index contributed by atoms with van der Waals surface area (Å²) in [5, 5.41) is 0. The van der Waals surface area contributed by atoms with Crippen LogP contribution in [0, 0.1) is 6.92 Å². The number of nitrogens with zero attached hydrogens (tertiary/aromatic N) is 4. The predicted octanol–water partition coefficient (Wildman–Crippen LogP) is 2.12. The zero-order valence-corrected chi connectivity index (χ0v) is 8.83. The normalized spacial score (nSPS) is 10.8. The zero-order chi connectivity index (χ0) is 11.0. The Labute approximate surface area is 92.6 Å². The summed E-state index contributed by atoms with van der Waals surface area (Å²) in [6.07, 6.45) is 3.35. The van der Waals surface area contributed by atoms with Crippen LogP contribution >= 0.6 is 0 Å². The maximum Gasteiger partial charge on any atom is 0.141 e. The number of aryl methyl sites for hydroxylation is 1. The maximum atomic E-state index is 4.33. The van der Waals surface area contributed by atoms with Gasteiger partial charge in [0.2, 0.25) is 0 Å². The van der Waals surface area contributed by atoms with Crippen molar-refractivity contribution in [3.63, 3.8) is 0 Å². The zero-order valence-electron chi connectivity index (χ0n) is 8.83. The van der Waals surface area contributed by atoms with E-state index in [1.807, 2.05) is 41.8 Å². The molecule has 0 aliphatic carbocycles. The third kappa shape index (κ3) is 1.35. The number of benzene rings is 1. The Hall–Kier alpha value is -2.23. The number of aromatic nitrogens is 4. The third-order valence-corrected chi connectivity index (χ3v) is 2.49. The van der Waals surface area contributed by atoms with Gasteiger partial charge in [0.25, 0.3) is 0 Å². The van der Waals surface area contributed by atoms with Gasteiger partial charge in [-0.05, 0) is 19.1 Å². The second kappa shape index (κ2) is 3.41. The lowest BCUT2D eigenvalue weighted by molar-refractivity contribution is 0.977. The molecule has 0 aliphatic heterocycles. The summed E-state index contributed by atoms with van der Waals surface area (Å²) in [6, 6.07) is 9.92. The molecule has 0 saturated heterocycles. The van der Waals surface area contributed by atoms with Gasteiger partial charge in [0.15, 0.2) is 0 Å². The molecule has 2 heterocycles. The van der Waals surface area contributed by atoms with E-state index in [4.69, 9.17) is 0 Å². The first-order valence-electron chi connectivity index (χ1n) is 5.06. The van der Waals surface area contributed by atoms with Gasteiger partial charge in [-0.25, -0.2) is 15.0 Å². The number of hydrogen-bond donors (Lipinski definition) is 0. The number of rotatable bonds is 1. The molecule has 0 amide bonds. The number of fused-ring (bicyclic) bond motifs is 1. The first-order valence-corrected chi connectivity index (χ1v) is 5.06. The van der Waals surface area contributed by atoms with E-state index < -0.39 is 0 Å². The highest BCUT2D eigenvalue weighted by atomic mass is 15.1. The second-order valence-electron chi connectivity index (χ2n) is 3.62. The van der Waals surface area contributed by atoms with Gasteiger partial charge in [-0.1, -0.05) is 12.1 Å². The van der Waals surface area contributed by atoms with Crippen LogP contribution in [-0.4, -0.2) is 19.5 Å². The molecule has 0 N–H and O–H groups in total. The molecule has 0 radical (unpaired) electrons. The van der Waals surface area contributed by atoms with Crippen LogP contribution in [0.5, 0.6) is 0 Å². The number of imidazole rings is 1. The molecule has 2 aromatic heterocycles. The topological polar surface area (TPSA) is 43.6 Å². The summed E-state index contributed by atoms with van der Waals surface area (Å²) < 4.78 is 1.96. The van der Waals surface area contributed by atoms with Crippen molar-refractivity contribution in [2.24, 2.45) is 0 Å². The van der Waals surface area contributed by atoms with Crippen molar-refractivity contribution in [3.05, 3.63) is 48.7 Å². The van der Waals surface area contributed by atoms with E-state index in [1.165, 1.54) is 0 Å². The molecule has 0 spiro atoms. The molecule has 16 heavy (non-hydrogen) atoms.